The van der Waals surface area contributed by atoms with E-state index in [4.69, 9.17) is 4.74 Å². The summed E-state index contributed by atoms with van der Waals surface area (Å²) in [6.45, 7) is 4.09. The molecule has 8 heteroatoms. The highest BCUT2D eigenvalue weighted by Gasteiger charge is 2.14. The predicted molar refractivity (Wildman–Crippen MR) is 103 cm³/mol. The number of hydrogen-bond donors (Lipinski definition) is 1. The van der Waals surface area contributed by atoms with Crippen LogP contribution in [0.15, 0.2) is 30.3 Å². The molecule has 6 nitrogen and oxygen atoms in total. The molecule has 0 aliphatic heterocycles. The van der Waals surface area contributed by atoms with Gasteiger partial charge in [-0.15, -0.1) is 0 Å². The van der Waals surface area contributed by atoms with E-state index in [0.29, 0.717) is 18.7 Å². The highest BCUT2D eigenvalue weighted by Crippen LogP contribution is 2.33. The fourth-order valence-corrected chi connectivity index (χ4v) is 2.76. The smallest absolute Gasteiger partial charge is 0.387 e. The number of rotatable bonds is 9. The van der Waals surface area contributed by atoms with Gasteiger partial charge in [0.25, 0.3) is 0 Å². The van der Waals surface area contributed by atoms with Crippen LogP contribution in [0.1, 0.15) is 23.9 Å². The number of aryl methyl sites for hydroxylation is 2. The van der Waals surface area contributed by atoms with Crippen molar-refractivity contribution in [2.24, 2.45) is 5.92 Å². The van der Waals surface area contributed by atoms with Crippen molar-refractivity contribution in [1.29, 1.82) is 0 Å². The molecule has 0 aliphatic rings. The first-order valence-electron chi connectivity index (χ1n) is 8.89. The van der Waals surface area contributed by atoms with E-state index in [0.717, 1.165) is 11.4 Å². The first kappa shape index (κ1) is 21.4. The third-order valence-corrected chi connectivity index (χ3v) is 4.06. The van der Waals surface area contributed by atoms with Gasteiger partial charge in [0.1, 0.15) is 0 Å². The molecular formula is C20H25F2N3O3. The highest BCUT2D eigenvalue weighted by molar-refractivity contribution is 5.92. The van der Waals surface area contributed by atoms with Crippen molar-refractivity contribution in [3.05, 3.63) is 47.3 Å². The summed E-state index contributed by atoms with van der Waals surface area (Å²) in [4.78, 5) is 12.1. The van der Waals surface area contributed by atoms with Crippen LogP contribution in [0.25, 0.3) is 6.08 Å². The molecule has 0 saturated heterocycles. The molecule has 2 aromatic rings. The maximum absolute atomic E-state index is 12.6. The molecule has 28 heavy (non-hydrogen) atoms. The topological polar surface area (TPSA) is 65.4 Å². The minimum atomic E-state index is -2.99. The second-order valence-electron chi connectivity index (χ2n) is 6.55. The first-order valence-corrected chi connectivity index (χ1v) is 8.89. The van der Waals surface area contributed by atoms with E-state index < -0.39 is 6.61 Å². The predicted octanol–water partition coefficient (Wildman–Crippen LogP) is 3.58. The summed E-state index contributed by atoms with van der Waals surface area (Å²) in [5.74, 6) is -0.0979. The number of hydrogen-bond acceptors (Lipinski definition) is 4. The normalized spacial score (nSPS) is 12.4. The fourth-order valence-electron chi connectivity index (χ4n) is 2.76. The Balaban J connectivity index is 1.95. The van der Waals surface area contributed by atoms with Crippen LogP contribution in [0, 0.1) is 19.8 Å². The zero-order chi connectivity index (χ0) is 20.7. The van der Waals surface area contributed by atoms with Gasteiger partial charge in [-0.1, -0.05) is 19.1 Å². The number of aromatic nitrogens is 2. The Morgan fingerprint density at radius 1 is 1.36 bits per heavy atom. The summed E-state index contributed by atoms with van der Waals surface area (Å²) in [5.41, 5.74) is 2.35. The SMILES string of the molecule is COc1cccc(/C=C/C(=O)NCC(C)Cn2nc(C)cc2C)c1OC(F)F. The number of alkyl halides is 2. The average Bonchev–Trinajstić information content (AvgIpc) is 2.95. The summed E-state index contributed by atoms with van der Waals surface area (Å²) >= 11 is 0. The van der Waals surface area contributed by atoms with E-state index >= 15 is 0 Å². The number of nitrogens with zero attached hydrogens (tertiary/aromatic N) is 2. The molecule has 0 aliphatic carbocycles. The second kappa shape index (κ2) is 9.87. The molecule has 1 unspecified atom stereocenters. The van der Waals surface area contributed by atoms with Gasteiger partial charge in [-0.3, -0.25) is 9.48 Å². The number of carbonyl (C=O) groups is 1. The van der Waals surface area contributed by atoms with E-state index in [-0.39, 0.29) is 23.3 Å². The lowest BCUT2D eigenvalue weighted by molar-refractivity contribution is -0.116. The van der Waals surface area contributed by atoms with Gasteiger partial charge < -0.3 is 14.8 Å². The number of para-hydroxylation sites is 1. The van der Waals surface area contributed by atoms with Crippen molar-refractivity contribution in [3.8, 4) is 11.5 Å². The molecule has 0 spiro atoms. The first-order chi connectivity index (χ1) is 13.3. The van der Waals surface area contributed by atoms with Crippen LogP contribution in [-0.2, 0) is 11.3 Å². The number of methoxy groups -OCH3 is 1. The van der Waals surface area contributed by atoms with E-state index in [1.165, 1.54) is 25.3 Å². The molecule has 0 radical (unpaired) electrons. The summed E-state index contributed by atoms with van der Waals surface area (Å²) in [6.07, 6.45) is 2.70. The zero-order valence-corrected chi connectivity index (χ0v) is 16.4. The largest absolute Gasteiger partial charge is 0.493 e. The lowest BCUT2D eigenvalue weighted by Gasteiger charge is -2.13. The van der Waals surface area contributed by atoms with Crippen LogP contribution in [0.2, 0.25) is 0 Å². The Hall–Kier alpha value is -2.90. The monoisotopic (exact) mass is 393 g/mol. The Bertz CT molecular complexity index is 834. The Labute approximate surface area is 163 Å². The number of halogens is 2. The molecule has 0 fully saturated rings. The van der Waals surface area contributed by atoms with E-state index in [1.807, 2.05) is 31.5 Å². The van der Waals surface area contributed by atoms with Gasteiger partial charge in [-0.05, 0) is 38.0 Å². The third-order valence-electron chi connectivity index (χ3n) is 4.06. The van der Waals surface area contributed by atoms with Crippen molar-refractivity contribution < 1.29 is 23.0 Å². The van der Waals surface area contributed by atoms with Gasteiger partial charge in [0.2, 0.25) is 5.91 Å². The van der Waals surface area contributed by atoms with Gasteiger partial charge in [0.15, 0.2) is 11.5 Å². The van der Waals surface area contributed by atoms with Crippen LogP contribution >= 0.6 is 0 Å². The molecule has 1 amide bonds. The molecule has 0 saturated carbocycles. The number of ether oxygens (including phenoxy) is 2. The molecule has 2 rings (SSSR count). The van der Waals surface area contributed by atoms with Crippen molar-refractivity contribution in [2.75, 3.05) is 13.7 Å². The van der Waals surface area contributed by atoms with Gasteiger partial charge in [-0.2, -0.15) is 13.9 Å². The zero-order valence-electron chi connectivity index (χ0n) is 16.4. The Kier molecular flexibility index (Phi) is 7.54. The molecule has 1 aromatic carbocycles. The lowest BCUT2D eigenvalue weighted by atomic mass is 10.1. The minimum absolute atomic E-state index is 0.109. The van der Waals surface area contributed by atoms with Gasteiger partial charge in [-0.25, -0.2) is 0 Å². The second-order valence-corrected chi connectivity index (χ2v) is 6.55. The molecule has 1 atom stereocenters. The number of amides is 1. The van der Waals surface area contributed by atoms with Gasteiger partial charge in [0.05, 0.1) is 12.8 Å². The standard InChI is InChI=1S/C20H25F2N3O3/c1-13(12-25-15(3)10-14(2)24-25)11-23-18(26)9-8-16-6-5-7-17(27-4)19(16)28-20(21)22/h5-10,13,20H,11-12H2,1-4H3,(H,23,26)/b9-8+. The number of nitrogens with one attached hydrogen (secondary N) is 1. The molecule has 152 valence electrons. The molecule has 1 N–H and O–H groups in total. The van der Waals surface area contributed by atoms with Crippen molar-refractivity contribution in [1.82, 2.24) is 15.1 Å². The highest BCUT2D eigenvalue weighted by atomic mass is 19.3. The van der Waals surface area contributed by atoms with E-state index in [9.17, 15) is 13.6 Å². The molecular weight excluding hydrogens is 368 g/mol. The summed E-state index contributed by atoms with van der Waals surface area (Å²) in [6, 6.07) is 6.71. The molecule has 0 bridgehead atoms. The van der Waals surface area contributed by atoms with Gasteiger partial charge in [0, 0.05) is 30.4 Å². The summed E-state index contributed by atoms with van der Waals surface area (Å²) in [5, 5.41) is 7.21. The number of benzene rings is 1. The Morgan fingerprint density at radius 2 is 2.11 bits per heavy atom. The van der Waals surface area contributed by atoms with Crippen molar-refractivity contribution in [2.45, 2.75) is 33.9 Å². The maximum Gasteiger partial charge on any atom is 0.387 e. The Morgan fingerprint density at radius 3 is 2.71 bits per heavy atom. The van der Waals surface area contributed by atoms with Crippen LogP contribution in [0.4, 0.5) is 8.78 Å². The van der Waals surface area contributed by atoms with E-state index in [2.05, 4.69) is 15.2 Å². The number of carbonyl (C=O) groups excluding carboxylic acids is 1. The fraction of sp³-hybridized carbons (Fsp3) is 0.400. The minimum Gasteiger partial charge on any atom is -0.493 e. The van der Waals surface area contributed by atoms with Gasteiger partial charge >= 0.3 is 6.61 Å². The summed E-state index contributed by atoms with van der Waals surface area (Å²) in [7, 11) is 1.36. The third kappa shape index (κ3) is 6.07. The van der Waals surface area contributed by atoms with Crippen molar-refractivity contribution >= 4 is 12.0 Å². The molecule has 1 heterocycles. The van der Waals surface area contributed by atoms with E-state index in [1.54, 1.807) is 12.1 Å². The average molecular weight is 393 g/mol. The quantitative estimate of drug-likeness (QED) is 0.662. The summed E-state index contributed by atoms with van der Waals surface area (Å²) < 4.78 is 36.8. The van der Waals surface area contributed by atoms with Crippen LogP contribution < -0.4 is 14.8 Å². The maximum atomic E-state index is 12.6. The van der Waals surface area contributed by atoms with Crippen LogP contribution in [0.5, 0.6) is 11.5 Å². The molecule has 1 aromatic heterocycles. The van der Waals surface area contributed by atoms with Crippen LogP contribution in [-0.4, -0.2) is 36.0 Å². The lowest BCUT2D eigenvalue weighted by Crippen LogP contribution is -2.29. The van der Waals surface area contributed by atoms with Crippen LogP contribution in [0.3, 0.4) is 0 Å². The van der Waals surface area contributed by atoms with Crippen molar-refractivity contribution in [3.63, 3.8) is 0 Å².